The van der Waals surface area contributed by atoms with Gasteiger partial charge in [0.15, 0.2) is 0 Å². The van der Waals surface area contributed by atoms with Gasteiger partial charge >= 0.3 is 0 Å². The molecule has 0 bridgehead atoms. The van der Waals surface area contributed by atoms with E-state index in [1.54, 1.807) is 0 Å². The van der Waals surface area contributed by atoms with Gasteiger partial charge in [0.25, 0.3) is 0 Å². The fourth-order valence-electron chi connectivity index (χ4n) is 2.42. The van der Waals surface area contributed by atoms with Crippen LogP contribution in [-0.4, -0.2) is 18.6 Å². The Morgan fingerprint density at radius 2 is 1.70 bits per heavy atom. The lowest BCUT2D eigenvalue weighted by Gasteiger charge is -2.31. The predicted octanol–water partition coefficient (Wildman–Crippen LogP) is 4.37. The normalized spacial score (nSPS) is 14.1. The summed E-state index contributed by atoms with van der Waals surface area (Å²) in [5.74, 6) is 0. The molecule has 0 saturated heterocycles. The second-order valence-corrected chi connectivity index (χ2v) is 5.84. The monoisotopic (exact) mass is 276 g/mol. The van der Waals surface area contributed by atoms with Crippen LogP contribution in [0.25, 0.3) is 0 Å². The van der Waals surface area contributed by atoms with E-state index in [0.717, 1.165) is 19.4 Å². The van der Waals surface area contributed by atoms with Crippen LogP contribution in [0.2, 0.25) is 0 Å². The van der Waals surface area contributed by atoms with Crippen LogP contribution in [0.4, 0.5) is 5.69 Å². The maximum absolute atomic E-state index is 6.03. The van der Waals surface area contributed by atoms with Gasteiger partial charge in [-0.3, -0.25) is 0 Å². The molecule has 0 aliphatic rings. The average molecular weight is 276 g/mol. The highest BCUT2D eigenvalue weighted by molar-refractivity contribution is 5.48. The fourth-order valence-corrected chi connectivity index (χ4v) is 2.42. The first-order valence-corrected chi connectivity index (χ1v) is 8.23. The highest BCUT2D eigenvalue weighted by atomic mass is 15.2. The van der Waals surface area contributed by atoms with Gasteiger partial charge in [0.1, 0.15) is 0 Å². The predicted molar refractivity (Wildman–Crippen MR) is 90.4 cm³/mol. The zero-order chi connectivity index (χ0) is 15.0. The highest BCUT2D eigenvalue weighted by Gasteiger charge is 2.12. The summed E-state index contributed by atoms with van der Waals surface area (Å²) in [6, 6.07) is 9.90. The van der Waals surface area contributed by atoms with Crippen LogP contribution < -0.4 is 10.6 Å². The molecule has 0 amide bonds. The number of rotatable bonds is 9. The lowest BCUT2D eigenvalue weighted by atomic mass is 10.0. The molecule has 0 aromatic heterocycles. The van der Waals surface area contributed by atoms with Gasteiger partial charge in [-0.2, -0.15) is 0 Å². The van der Waals surface area contributed by atoms with Gasteiger partial charge in [0, 0.05) is 24.3 Å². The molecule has 2 atom stereocenters. The quantitative estimate of drug-likeness (QED) is 0.725. The van der Waals surface area contributed by atoms with Crippen LogP contribution in [0.1, 0.15) is 58.9 Å². The first-order chi connectivity index (χ1) is 9.62. The molecule has 0 heterocycles. The maximum atomic E-state index is 6.03. The second-order valence-electron chi connectivity index (χ2n) is 5.84. The Balaban J connectivity index is 2.76. The number of hydrogen-bond donors (Lipinski definition) is 1. The van der Waals surface area contributed by atoms with E-state index in [1.165, 1.54) is 30.5 Å². The zero-order valence-electron chi connectivity index (χ0n) is 13.7. The number of unbranched alkanes of at least 4 members (excludes halogenated alkanes) is 1. The van der Waals surface area contributed by atoms with Crippen molar-refractivity contribution in [3.63, 3.8) is 0 Å². The van der Waals surface area contributed by atoms with E-state index < -0.39 is 0 Å². The van der Waals surface area contributed by atoms with Crippen LogP contribution >= 0.6 is 0 Å². The summed E-state index contributed by atoms with van der Waals surface area (Å²) in [6.07, 6.45) is 5.71. The molecule has 2 unspecified atom stereocenters. The molecule has 0 spiro atoms. The Morgan fingerprint density at radius 3 is 2.20 bits per heavy atom. The van der Waals surface area contributed by atoms with Crippen molar-refractivity contribution in [2.24, 2.45) is 5.73 Å². The second kappa shape index (κ2) is 9.02. The van der Waals surface area contributed by atoms with E-state index in [1.807, 2.05) is 0 Å². The SMILES string of the molecule is CCCCN(c1ccc(CC(N)CC)cc1)C(C)CC. The van der Waals surface area contributed by atoms with E-state index in [9.17, 15) is 0 Å². The summed E-state index contributed by atoms with van der Waals surface area (Å²) in [6.45, 7) is 10.1. The van der Waals surface area contributed by atoms with Crippen molar-refractivity contribution >= 4 is 5.69 Å². The fraction of sp³-hybridized carbons (Fsp3) is 0.667. The van der Waals surface area contributed by atoms with Crippen molar-refractivity contribution in [1.82, 2.24) is 0 Å². The van der Waals surface area contributed by atoms with E-state index in [0.29, 0.717) is 6.04 Å². The maximum Gasteiger partial charge on any atom is 0.0368 e. The minimum absolute atomic E-state index is 0.284. The Morgan fingerprint density at radius 1 is 1.05 bits per heavy atom. The molecule has 2 heteroatoms. The molecule has 0 saturated carbocycles. The van der Waals surface area contributed by atoms with E-state index in [4.69, 9.17) is 5.73 Å². The summed E-state index contributed by atoms with van der Waals surface area (Å²) in [7, 11) is 0. The van der Waals surface area contributed by atoms with Crippen molar-refractivity contribution < 1.29 is 0 Å². The van der Waals surface area contributed by atoms with Gasteiger partial charge in [-0.1, -0.05) is 39.3 Å². The molecule has 2 nitrogen and oxygen atoms in total. The van der Waals surface area contributed by atoms with Crippen molar-refractivity contribution in [3.8, 4) is 0 Å². The zero-order valence-corrected chi connectivity index (χ0v) is 13.7. The molecule has 2 N–H and O–H groups in total. The smallest absolute Gasteiger partial charge is 0.0368 e. The van der Waals surface area contributed by atoms with Crippen molar-refractivity contribution in [1.29, 1.82) is 0 Å². The summed E-state index contributed by atoms with van der Waals surface area (Å²) in [5, 5.41) is 0. The molecule has 0 fully saturated rings. The number of nitrogens with two attached hydrogens (primary N) is 1. The molecule has 114 valence electrons. The summed E-state index contributed by atoms with van der Waals surface area (Å²) < 4.78 is 0. The minimum Gasteiger partial charge on any atom is -0.369 e. The van der Waals surface area contributed by atoms with Crippen LogP contribution in [0, 0.1) is 0 Å². The Labute approximate surface area is 125 Å². The Bertz CT molecular complexity index is 358. The molecular formula is C18H32N2. The number of nitrogens with zero attached hydrogens (tertiary/aromatic N) is 1. The third-order valence-electron chi connectivity index (χ3n) is 4.17. The third kappa shape index (κ3) is 5.16. The minimum atomic E-state index is 0.284. The van der Waals surface area contributed by atoms with Gasteiger partial charge in [-0.25, -0.2) is 0 Å². The van der Waals surface area contributed by atoms with Crippen LogP contribution in [0.15, 0.2) is 24.3 Å². The van der Waals surface area contributed by atoms with Crippen molar-refractivity contribution in [2.75, 3.05) is 11.4 Å². The number of anilines is 1. The van der Waals surface area contributed by atoms with Gasteiger partial charge in [-0.05, 0) is 50.3 Å². The van der Waals surface area contributed by atoms with Crippen molar-refractivity contribution in [3.05, 3.63) is 29.8 Å². The van der Waals surface area contributed by atoms with Crippen LogP contribution in [-0.2, 0) is 6.42 Å². The molecule has 1 rings (SSSR count). The number of benzene rings is 1. The molecule has 0 radical (unpaired) electrons. The summed E-state index contributed by atoms with van der Waals surface area (Å²) in [4.78, 5) is 2.53. The van der Waals surface area contributed by atoms with Gasteiger partial charge in [-0.15, -0.1) is 0 Å². The molecule has 1 aromatic rings. The molecule has 0 aliphatic heterocycles. The summed E-state index contributed by atoms with van der Waals surface area (Å²) in [5.41, 5.74) is 8.73. The van der Waals surface area contributed by atoms with Crippen LogP contribution in [0.3, 0.4) is 0 Å². The molecular weight excluding hydrogens is 244 g/mol. The first-order valence-electron chi connectivity index (χ1n) is 8.23. The summed E-state index contributed by atoms with van der Waals surface area (Å²) >= 11 is 0. The topological polar surface area (TPSA) is 29.3 Å². The van der Waals surface area contributed by atoms with E-state index in [2.05, 4.69) is 56.9 Å². The largest absolute Gasteiger partial charge is 0.369 e. The van der Waals surface area contributed by atoms with Crippen molar-refractivity contribution in [2.45, 2.75) is 71.9 Å². The van der Waals surface area contributed by atoms with Gasteiger partial charge < -0.3 is 10.6 Å². The van der Waals surface area contributed by atoms with Gasteiger partial charge in [0.2, 0.25) is 0 Å². The number of hydrogen-bond acceptors (Lipinski definition) is 2. The average Bonchev–Trinajstić information content (AvgIpc) is 2.48. The Kier molecular flexibility index (Phi) is 7.68. The standard InChI is InChI=1S/C18H32N2/c1-5-8-13-20(15(4)6-2)18-11-9-16(10-12-18)14-17(19)7-3/h9-12,15,17H,5-8,13-14,19H2,1-4H3. The Hall–Kier alpha value is -1.02. The van der Waals surface area contributed by atoms with E-state index >= 15 is 0 Å². The first kappa shape index (κ1) is 17.0. The third-order valence-corrected chi connectivity index (χ3v) is 4.17. The molecule has 1 aromatic carbocycles. The molecule has 0 aliphatic carbocycles. The highest BCUT2D eigenvalue weighted by Crippen LogP contribution is 2.20. The van der Waals surface area contributed by atoms with E-state index in [-0.39, 0.29) is 6.04 Å². The molecule has 20 heavy (non-hydrogen) atoms. The van der Waals surface area contributed by atoms with Crippen LogP contribution in [0.5, 0.6) is 0 Å². The lowest BCUT2D eigenvalue weighted by molar-refractivity contribution is 0.595. The lowest BCUT2D eigenvalue weighted by Crippen LogP contribution is -2.33. The van der Waals surface area contributed by atoms with Gasteiger partial charge in [0.05, 0.1) is 0 Å².